The summed E-state index contributed by atoms with van der Waals surface area (Å²) in [5.41, 5.74) is 20.7. The fraction of sp³-hybridized carbons (Fsp3) is 0.471. The lowest BCUT2D eigenvalue weighted by molar-refractivity contribution is -0.401. The highest BCUT2D eigenvalue weighted by Gasteiger charge is 2.45. The number of carboxylic acid groups (broad SMARTS) is 2. The Balaban J connectivity index is 0.808. The summed E-state index contributed by atoms with van der Waals surface area (Å²) in [6, 6.07) is 19.8. The zero-order valence-corrected chi connectivity index (χ0v) is 69.0. The summed E-state index contributed by atoms with van der Waals surface area (Å²) in [7, 11) is 2.12. The summed E-state index contributed by atoms with van der Waals surface area (Å²) in [4.78, 5) is 165. The first kappa shape index (κ1) is 91.5. The van der Waals surface area contributed by atoms with Gasteiger partial charge in [-0.25, -0.2) is 14.6 Å². The summed E-state index contributed by atoms with van der Waals surface area (Å²) in [5.74, 6) is -10.2. The molecular weight excluding hydrogens is 1510 g/mol. The van der Waals surface area contributed by atoms with Crippen molar-refractivity contribution in [3.63, 3.8) is 0 Å². The molecular formula is C87H118N17O14+. The van der Waals surface area contributed by atoms with Crippen molar-refractivity contribution >= 4 is 88.3 Å². The number of nitrogens with zero attached hydrogens (tertiary/aromatic N) is 5. The van der Waals surface area contributed by atoms with Crippen LogP contribution in [0.15, 0.2) is 157 Å². The number of urea groups is 1. The largest absolute Gasteiger partial charge is 0.508 e. The van der Waals surface area contributed by atoms with Crippen LogP contribution in [0.25, 0.3) is 0 Å². The van der Waals surface area contributed by atoms with Gasteiger partial charge in [-0.15, -0.1) is 0 Å². The minimum atomic E-state index is -1.59. The van der Waals surface area contributed by atoms with E-state index < -0.39 is 126 Å². The minimum absolute atomic E-state index is 0.000163. The number of carbonyl (C=O) groups excluding carboxylic acids is 9. The number of fused-ring (bicyclic) bond motifs is 2. The van der Waals surface area contributed by atoms with Gasteiger partial charge in [0.1, 0.15) is 55.1 Å². The van der Waals surface area contributed by atoms with Crippen molar-refractivity contribution in [1.29, 1.82) is 0 Å². The lowest BCUT2D eigenvalue weighted by Crippen LogP contribution is -2.62. The maximum absolute atomic E-state index is 14.9. The summed E-state index contributed by atoms with van der Waals surface area (Å²) >= 11 is 0. The standard InChI is InChI=1S/C87H117N17O14/c1-10-55(4)75(81(114)97-65(50-58-52-90-53-94-58)82(115)104-47-27-35-69(104)79(112)98-66(83(116)117)49-56-28-14-11-15-29-56)100-78(111)64(48-57-39-41-59(105)42-40-57)96-80(113)74(54(2)3)99-77(110)63(95-76(109)62(88)51-73(107)108)32-26-45-92-84(89)101-85(118)93-44-24-23-43-91-72(106)38-18-13-25-46-103-68-34-22-20-31-61(68)87(7,8)71(103)37-17-12-16-36-70-86(5,6)60-30-19-21-33-67(60)102(70)9/h11-12,14-17,19-22,28-31,33-34,36-37,39-42,52-55,62-66,69,74-75H,10,13,18,23-27,32,35,38,43-51,88H2,1-9H3,(H14-,89,90,91,92,93,94,95,96,97,98,99,100,101,105,106,107,108,109,110,111,112,113,114,116,117,118)/p+1. The van der Waals surface area contributed by atoms with Gasteiger partial charge in [-0.2, -0.15) is 9.57 Å². The van der Waals surface area contributed by atoms with E-state index in [-0.39, 0.29) is 86.6 Å². The first-order valence-electron chi connectivity index (χ1n) is 40.7. The molecule has 1 saturated heterocycles. The number of nitrogens with two attached hydrogens (primary N) is 2. The summed E-state index contributed by atoms with van der Waals surface area (Å²) in [6.45, 7) is 17.3. The summed E-state index contributed by atoms with van der Waals surface area (Å²) < 4.78 is 2.26. The number of para-hydroxylation sites is 2. The predicted molar refractivity (Wildman–Crippen MR) is 449 cm³/mol. The lowest BCUT2D eigenvalue weighted by atomic mass is 9.81. The first-order chi connectivity index (χ1) is 56.3. The van der Waals surface area contributed by atoms with Crippen LogP contribution in [0.5, 0.6) is 5.75 Å². The number of carbonyl (C=O) groups is 11. The van der Waals surface area contributed by atoms with Crippen LogP contribution in [0.2, 0.25) is 0 Å². The number of unbranched alkanes of at least 4 members (excludes halogenated alkanes) is 3. The lowest BCUT2D eigenvalue weighted by Gasteiger charge is -2.32. The summed E-state index contributed by atoms with van der Waals surface area (Å²) in [5, 5.41) is 54.3. The molecule has 0 aliphatic carbocycles. The van der Waals surface area contributed by atoms with Gasteiger partial charge in [0.25, 0.3) is 0 Å². The third-order valence-electron chi connectivity index (χ3n) is 21.9. The number of nitrogens with one attached hydrogen (secondary N) is 10. The van der Waals surface area contributed by atoms with E-state index in [4.69, 9.17) is 11.5 Å². The van der Waals surface area contributed by atoms with E-state index in [0.29, 0.717) is 55.5 Å². The Morgan fingerprint density at radius 1 is 0.653 bits per heavy atom. The number of aromatic hydroxyl groups is 1. The van der Waals surface area contributed by atoms with Crippen LogP contribution in [0.1, 0.15) is 160 Å². The number of H-pyrrole nitrogens is 1. The Kier molecular flexibility index (Phi) is 34.0. The predicted octanol–water partition coefficient (Wildman–Crippen LogP) is 5.98. The van der Waals surface area contributed by atoms with Crippen LogP contribution >= 0.6 is 0 Å². The van der Waals surface area contributed by atoms with Crippen molar-refractivity contribution in [3.8, 4) is 5.75 Å². The molecule has 3 aliphatic heterocycles. The number of hydrogen-bond donors (Lipinski definition) is 15. The number of aromatic nitrogens is 2. The molecule has 4 aromatic carbocycles. The number of carboxylic acids is 2. The van der Waals surface area contributed by atoms with Crippen molar-refractivity contribution in [1.82, 2.24) is 62.7 Å². The van der Waals surface area contributed by atoms with Gasteiger partial charge in [-0.3, -0.25) is 43.2 Å². The number of imidazole rings is 1. The van der Waals surface area contributed by atoms with Crippen LogP contribution in [-0.4, -0.2) is 200 Å². The van der Waals surface area contributed by atoms with E-state index in [9.17, 15) is 68.1 Å². The Morgan fingerprint density at radius 3 is 1.96 bits per heavy atom. The Bertz CT molecular complexity index is 4480. The second kappa shape index (κ2) is 43.8. The van der Waals surface area contributed by atoms with Crippen molar-refractivity contribution in [2.75, 3.05) is 44.7 Å². The molecule has 31 heteroatoms. The number of hydrogen-bond acceptors (Lipinski definition) is 15. The number of aliphatic carboxylic acids is 2. The number of phenols is 1. The number of likely N-dealkylation sites (tertiary alicyclic amines) is 1. The molecule has 17 N–H and O–H groups in total. The Morgan fingerprint density at radius 2 is 1.28 bits per heavy atom. The normalized spacial score (nSPS) is 17.2. The van der Waals surface area contributed by atoms with E-state index in [0.717, 1.165) is 25.8 Å². The fourth-order valence-electron chi connectivity index (χ4n) is 15.1. The van der Waals surface area contributed by atoms with E-state index >= 15 is 0 Å². The van der Waals surface area contributed by atoms with Gasteiger partial charge in [0, 0.05) is 105 Å². The van der Waals surface area contributed by atoms with Crippen molar-refractivity contribution in [2.45, 2.75) is 211 Å². The molecule has 9 unspecified atom stereocenters. The maximum atomic E-state index is 14.9. The number of aliphatic imine (C=N–C) groups is 1. The molecule has 1 fully saturated rings. The molecule has 4 heterocycles. The number of phenolic OH excluding ortho intramolecular Hbond substituents is 1. The highest BCUT2D eigenvalue weighted by Crippen LogP contribution is 2.48. The van der Waals surface area contributed by atoms with Gasteiger partial charge in [0.15, 0.2) is 11.7 Å². The topological polar surface area (TPSA) is 459 Å². The molecule has 0 spiro atoms. The van der Waals surface area contributed by atoms with Gasteiger partial charge in [0.2, 0.25) is 52.9 Å². The maximum Gasteiger partial charge on any atom is 0.344 e. The molecule has 10 amide bonds. The zero-order valence-electron chi connectivity index (χ0n) is 69.0. The molecule has 5 aromatic rings. The third-order valence-corrected chi connectivity index (χ3v) is 21.9. The van der Waals surface area contributed by atoms with E-state index in [1.54, 1.807) is 58.0 Å². The van der Waals surface area contributed by atoms with E-state index in [1.807, 2.05) is 0 Å². The smallest absolute Gasteiger partial charge is 0.344 e. The minimum Gasteiger partial charge on any atom is -0.508 e. The number of amides is 10. The molecule has 634 valence electrons. The summed E-state index contributed by atoms with van der Waals surface area (Å²) in [6.07, 6.45) is 17.2. The average molecular weight is 1630 g/mol. The second-order valence-electron chi connectivity index (χ2n) is 31.8. The van der Waals surface area contributed by atoms with Crippen LogP contribution in [-0.2, 0) is 78.0 Å². The monoisotopic (exact) mass is 1620 g/mol. The number of anilines is 1. The van der Waals surface area contributed by atoms with Gasteiger partial charge in [-0.05, 0) is 118 Å². The van der Waals surface area contributed by atoms with Crippen molar-refractivity contribution < 1.29 is 72.6 Å². The second-order valence-corrected chi connectivity index (χ2v) is 31.8. The molecule has 0 radical (unpaired) electrons. The molecule has 118 heavy (non-hydrogen) atoms. The third kappa shape index (κ3) is 25.7. The number of allylic oxidation sites excluding steroid dienone is 6. The SMILES string of the molecule is CCC(C)C(NC(=O)C(Cc1ccc(O)cc1)NC(=O)C(NC(=O)C(CCCNC(N)=NC(=O)NCCCCNC(=O)CCCCCN1\C(=C/C=C/C=C/C2=[N+](C)c3ccccc3C2(C)C)C(C)(C)c2ccccc21)NC(=O)C(N)CC(=O)O)C(C)C)C(=O)NC(Cc1cnc[nH]1)C(=O)N1CCCC1C(=O)NC(Cc1ccccc1)C(=O)O. The van der Waals surface area contributed by atoms with Gasteiger partial charge < -0.3 is 89.4 Å². The molecule has 31 nitrogen and oxygen atoms in total. The molecule has 3 aliphatic rings. The molecule has 9 atom stereocenters. The van der Waals surface area contributed by atoms with Crippen molar-refractivity contribution in [2.24, 2.45) is 28.3 Å². The first-order valence-corrected chi connectivity index (χ1v) is 40.7. The van der Waals surface area contributed by atoms with Gasteiger partial charge >= 0.3 is 18.0 Å². The van der Waals surface area contributed by atoms with Crippen LogP contribution in [0.4, 0.5) is 16.2 Å². The number of rotatable bonds is 43. The Hall–Kier alpha value is -12.0. The molecule has 1 aromatic heterocycles. The highest BCUT2D eigenvalue weighted by molar-refractivity contribution is 6.03. The number of benzene rings is 4. The highest BCUT2D eigenvalue weighted by atomic mass is 16.4. The van der Waals surface area contributed by atoms with Crippen molar-refractivity contribution in [3.05, 3.63) is 180 Å². The number of aromatic amines is 1. The van der Waals surface area contributed by atoms with Crippen LogP contribution in [0, 0.1) is 11.8 Å². The zero-order chi connectivity index (χ0) is 85.8. The molecule has 0 bridgehead atoms. The average Bonchev–Trinajstić information content (AvgIpc) is 1.60. The van der Waals surface area contributed by atoms with Gasteiger partial charge in [0.05, 0.1) is 24.2 Å². The number of guanidine groups is 1. The molecule has 8 rings (SSSR count). The quantitative estimate of drug-likeness (QED) is 0.00701. The van der Waals surface area contributed by atoms with Gasteiger partial charge in [-0.1, -0.05) is 151 Å². The van der Waals surface area contributed by atoms with E-state index in [1.165, 1.54) is 75.6 Å². The molecule has 0 saturated carbocycles. The Labute approximate surface area is 689 Å². The van der Waals surface area contributed by atoms with E-state index in [2.05, 4.69) is 186 Å². The van der Waals surface area contributed by atoms with Crippen LogP contribution < -0.4 is 64.2 Å². The van der Waals surface area contributed by atoms with Crippen LogP contribution in [0.3, 0.4) is 0 Å². The fourth-order valence-corrected chi connectivity index (χ4v) is 15.1.